The first kappa shape index (κ1) is 19.1. The number of fused-ring (bicyclic) bond motifs is 1. The topological polar surface area (TPSA) is 95.5 Å². The third kappa shape index (κ3) is 4.78. The van der Waals surface area contributed by atoms with Gasteiger partial charge >= 0.3 is 0 Å². The number of rotatable bonds is 5. The van der Waals surface area contributed by atoms with E-state index in [1.807, 2.05) is 6.07 Å². The summed E-state index contributed by atoms with van der Waals surface area (Å²) >= 11 is 0. The molecule has 3 N–H and O–H groups in total. The maximum absolute atomic E-state index is 12.4. The maximum Gasteiger partial charge on any atom is 0.241 e. The van der Waals surface area contributed by atoms with Crippen LogP contribution in [0.4, 0.5) is 0 Å². The number of aromatic nitrogens is 1. The maximum atomic E-state index is 12.4. The predicted octanol–water partition coefficient (Wildman–Crippen LogP) is 0.730. The second kappa shape index (κ2) is 8.66. The Morgan fingerprint density at radius 2 is 2.04 bits per heavy atom. The summed E-state index contributed by atoms with van der Waals surface area (Å²) in [5.41, 5.74) is 0. The van der Waals surface area contributed by atoms with Crippen molar-refractivity contribution in [1.82, 2.24) is 20.3 Å². The second-order valence-electron chi connectivity index (χ2n) is 4.50. The van der Waals surface area contributed by atoms with Gasteiger partial charge in [0.2, 0.25) is 10.0 Å². The van der Waals surface area contributed by atoms with Gasteiger partial charge in [0, 0.05) is 50.4 Å². The van der Waals surface area contributed by atoms with E-state index in [0.717, 1.165) is 5.39 Å². The van der Waals surface area contributed by atoms with E-state index in [2.05, 4.69) is 25.3 Å². The lowest BCUT2D eigenvalue weighted by molar-refractivity contribution is 0.581. The molecule has 1 aromatic carbocycles. The Morgan fingerprint density at radius 1 is 1.26 bits per heavy atom. The average molecular weight is 358 g/mol. The molecule has 0 bridgehead atoms. The number of pyridine rings is 1. The third-order valence-corrected chi connectivity index (χ3v) is 4.62. The molecule has 23 heavy (non-hydrogen) atoms. The lowest BCUT2D eigenvalue weighted by atomic mass is 10.2. The number of guanidine groups is 1. The summed E-state index contributed by atoms with van der Waals surface area (Å²) in [4.78, 5) is 8.21. The summed E-state index contributed by atoms with van der Waals surface area (Å²) in [5.74, 6) is 0.607. The van der Waals surface area contributed by atoms with E-state index in [1.165, 1.54) is 0 Å². The van der Waals surface area contributed by atoms with Crippen LogP contribution in [-0.4, -0.2) is 46.5 Å². The van der Waals surface area contributed by atoms with Gasteiger partial charge in [-0.2, -0.15) is 0 Å². The van der Waals surface area contributed by atoms with Crippen LogP contribution in [0.5, 0.6) is 0 Å². The van der Waals surface area contributed by atoms with Crippen LogP contribution in [0.2, 0.25) is 0 Å². The van der Waals surface area contributed by atoms with E-state index in [-0.39, 0.29) is 23.8 Å². The van der Waals surface area contributed by atoms with Crippen LogP contribution in [0.1, 0.15) is 0 Å². The molecule has 0 saturated carbocycles. The van der Waals surface area contributed by atoms with Gasteiger partial charge in [-0.1, -0.05) is 12.1 Å². The summed E-state index contributed by atoms with van der Waals surface area (Å²) in [6.07, 6.45) is 3.23. The van der Waals surface area contributed by atoms with E-state index >= 15 is 0 Å². The fraction of sp³-hybridized carbons (Fsp3) is 0.286. The monoisotopic (exact) mass is 357 g/mol. The number of nitrogens with one attached hydrogen (secondary N) is 3. The smallest absolute Gasteiger partial charge is 0.241 e. The fourth-order valence-corrected chi connectivity index (χ4v) is 3.31. The van der Waals surface area contributed by atoms with Gasteiger partial charge in [-0.15, -0.1) is 12.4 Å². The molecular weight excluding hydrogens is 338 g/mol. The van der Waals surface area contributed by atoms with Crippen LogP contribution in [0.3, 0.4) is 0 Å². The molecule has 0 aliphatic carbocycles. The highest BCUT2D eigenvalue weighted by Gasteiger charge is 2.16. The lowest BCUT2D eigenvalue weighted by Crippen LogP contribution is -2.39. The molecule has 7 nitrogen and oxygen atoms in total. The van der Waals surface area contributed by atoms with Gasteiger partial charge < -0.3 is 10.6 Å². The molecule has 0 fully saturated rings. The Hall–Kier alpha value is -1.90. The molecule has 0 radical (unpaired) electrons. The van der Waals surface area contributed by atoms with Gasteiger partial charge in [-0.3, -0.25) is 9.98 Å². The van der Waals surface area contributed by atoms with Crippen LogP contribution >= 0.6 is 12.4 Å². The molecular formula is C14H20ClN5O2S. The molecule has 1 heterocycles. The largest absolute Gasteiger partial charge is 0.359 e. The standard InChI is InChI=1S/C14H19N5O2S.ClH/c1-15-14(16-2)18-8-9-19-22(20,21)13-5-3-4-11-10-17-7-6-12(11)13;/h3-7,10,19H,8-9H2,1-2H3,(H2,15,16,18);1H. The van der Waals surface area contributed by atoms with Gasteiger partial charge in [-0.25, -0.2) is 13.1 Å². The highest BCUT2D eigenvalue weighted by Crippen LogP contribution is 2.21. The summed E-state index contributed by atoms with van der Waals surface area (Å²) < 4.78 is 27.4. The van der Waals surface area contributed by atoms with Crippen molar-refractivity contribution in [3.05, 3.63) is 36.7 Å². The van der Waals surface area contributed by atoms with Gasteiger partial charge in [0.25, 0.3) is 0 Å². The average Bonchev–Trinajstić information content (AvgIpc) is 2.54. The van der Waals surface area contributed by atoms with Crippen molar-refractivity contribution in [3.63, 3.8) is 0 Å². The minimum absolute atomic E-state index is 0. The van der Waals surface area contributed by atoms with Crippen molar-refractivity contribution in [1.29, 1.82) is 0 Å². The van der Waals surface area contributed by atoms with E-state index < -0.39 is 10.0 Å². The number of sulfonamides is 1. The normalized spacial score (nSPS) is 11.8. The van der Waals surface area contributed by atoms with Crippen LogP contribution in [0.15, 0.2) is 46.5 Å². The van der Waals surface area contributed by atoms with Crippen molar-refractivity contribution in [2.75, 3.05) is 27.2 Å². The summed E-state index contributed by atoms with van der Waals surface area (Å²) in [7, 11) is -0.191. The molecule has 126 valence electrons. The Kier molecular flexibility index (Phi) is 7.21. The fourth-order valence-electron chi connectivity index (χ4n) is 2.05. The zero-order chi connectivity index (χ0) is 16.0. The predicted molar refractivity (Wildman–Crippen MR) is 94.6 cm³/mol. The molecule has 2 aromatic rings. The van der Waals surface area contributed by atoms with Gasteiger partial charge in [-0.05, 0) is 12.1 Å². The number of nitrogens with zero attached hydrogens (tertiary/aromatic N) is 2. The highest BCUT2D eigenvalue weighted by molar-refractivity contribution is 7.89. The zero-order valence-corrected chi connectivity index (χ0v) is 14.5. The second-order valence-corrected chi connectivity index (χ2v) is 6.24. The van der Waals surface area contributed by atoms with Crippen molar-refractivity contribution in [3.8, 4) is 0 Å². The summed E-state index contributed by atoms with van der Waals surface area (Å²) in [6, 6.07) is 6.83. The van der Waals surface area contributed by atoms with Gasteiger partial charge in [0.15, 0.2) is 5.96 Å². The molecule has 0 saturated heterocycles. The lowest BCUT2D eigenvalue weighted by Gasteiger charge is -2.11. The Labute approximate surface area is 142 Å². The molecule has 0 unspecified atom stereocenters. The molecule has 0 amide bonds. The minimum atomic E-state index is -3.58. The Bertz CT molecular complexity index is 774. The molecule has 0 spiro atoms. The Balaban J connectivity index is 0.00000264. The van der Waals surface area contributed by atoms with Crippen LogP contribution in [0, 0.1) is 0 Å². The minimum Gasteiger partial charge on any atom is -0.359 e. The molecule has 1 aromatic heterocycles. The third-order valence-electron chi connectivity index (χ3n) is 3.10. The number of halogens is 1. The van der Waals surface area contributed by atoms with Crippen LogP contribution in [-0.2, 0) is 10.0 Å². The van der Waals surface area contributed by atoms with Crippen molar-refractivity contribution >= 4 is 39.2 Å². The molecule has 0 aliphatic heterocycles. The first-order valence-corrected chi connectivity index (χ1v) is 8.27. The zero-order valence-electron chi connectivity index (χ0n) is 12.9. The highest BCUT2D eigenvalue weighted by atomic mass is 35.5. The van der Waals surface area contributed by atoms with E-state index in [4.69, 9.17) is 0 Å². The number of aliphatic imine (C=N–C) groups is 1. The van der Waals surface area contributed by atoms with E-state index in [1.54, 1.807) is 44.7 Å². The van der Waals surface area contributed by atoms with Crippen LogP contribution < -0.4 is 15.4 Å². The van der Waals surface area contributed by atoms with Gasteiger partial charge in [0.05, 0.1) is 4.90 Å². The first-order valence-electron chi connectivity index (χ1n) is 6.79. The molecule has 9 heteroatoms. The SMILES string of the molecule is CN=C(NC)NCCNS(=O)(=O)c1cccc2cnccc12.Cl. The summed E-state index contributed by atoms with van der Waals surface area (Å²) in [5, 5.41) is 7.29. The molecule has 0 atom stereocenters. The summed E-state index contributed by atoms with van der Waals surface area (Å²) in [6.45, 7) is 0.684. The van der Waals surface area contributed by atoms with E-state index in [0.29, 0.717) is 17.9 Å². The number of benzene rings is 1. The Morgan fingerprint density at radius 3 is 2.74 bits per heavy atom. The van der Waals surface area contributed by atoms with Gasteiger partial charge in [0.1, 0.15) is 0 Å². The first-order chi connectivity index (χ1) is 10.6. The van der Waals surface area contributed by atoms with Crippen LogP contribution in [0.25, 0.3) is 10.8 Å². The van der Waals surface area contributed by atoms with Crippen molar-refractivity contribution in [2.24, 2.45) is 4.99 Å². The van der Waals surface area contributed by atoms with Crippen molar-refractivity contribution in [2.45, 2.75) is 4.90 Å². The van der Waals surface area contributed by atoms with E-state index in [9.17, 15) is 8.42 Å². The molecule has 2 rings (SSSR count). The number of hydrogen-bond donors (Lipinski definition) is 3. The number of hydrogen-bond acceptors (Lipinski definition) is 4. The quantitative estimate of drug-likeness (QED) is 0.416. The molecule has 0 aliphatic rings. The van der Waals surface area contributed by atoms with Crippen molar-refractivity contribution < 1.29 is 8.42 Å².